The van der Waals surface area contributed by atoms with E-state index in [1.807, 2.05) is 6.07 Å². The van der Waals surface area contributed by atoms with Crippen LogP contribution in [0.5, 0.6) is 0 Å². The van der Waals surface area contributed by atoms with Gasteiger partial charge in [-0.15, -0.1) is 24.0 Å². The van der Waals surface area contributed by atoms with Crippen LogP contribution in [-0.2, 0) is 11.3 Å². The molecule has 0 saturated heterocycles. The number of nitrogens with one attached hydrogen (secondary N) is 2. The molecule has 3 rings (SSSR count). The van der Waals surface area contributed by atoms with Crippen molar-refractivity contribution in [2.24, 2.45) is 10.9 Å². The van der Waals surface area contributed by atoms with Crippen LogP contribution in [0.25, 0.3) is 5.69 Å². The van der Waals surface area contributed by atoms with Gasteiger partial charge in [0.25, 0.3) is 0 Å². The zero-order valence-electron chi connectivity index (χ0n) is 15.5. The van der Waals surface area contributed by atoms with Crippen LogP contribution in [0, 0.1) is 11.7 Å². The number of benzene rings is 1. The Labute approximate surface area is 176 Å². The minimum absolute atomic E-state index is 0. The molecule has 8 heteroatoms. The van der Waals surface area contributed by atoms with Gasteiger partial charge < -0.3 is 19.9 Å². The molecule has 1 saturated carbocycles. The smallest absolute Gasteiger partial charge is 0.191 e. The van der Waals surface area contributed by atoms with Gasteiger partial charge >= 0.3 is 0 Å². The molecule has 1 heterocycles. The summed E-state index contributed by atoms with van der Waals surface area (Å²) in [6.07, 6.45) is 8.49. The largest absolute Gasteiger partial charge is 0.381 e. The molecule has 1 aliphatic carbocycles. The van der Waals surface area contributed by atoms with Gasteiger partial charge in [0.2, 0.25) is 0 Å². The molecular weight excluding hydrogens is 460 g/mol. The van der Waals surface area contributed by atoms with Crippen molar-refractivity contribution in [3.63, 3.8) is 0 Å². The maximum atomic E-state index is 14.3. The highest BCUT2D eigenvalue weighted by atomic mass is 127. The molecule has 1 aromatic carbocycles. The van der Waals surface area contributed by atoms with Gasteiger partial charge in [-0.2, -0.15) is 0 Å². The fraction of sp³-hybridized carbons (Fsp3) is 0.474. The van der Waals surface area contributed by atoms with Gasteiger partial charge in [-0.1, -0.05) is 6.07 Å². The summed E-state index contributed by atoms with van der Waals surface area (Å²) in [5.41, 5.74) is 1.34. The Morgan fingerprint density at radius 2 is 2.22 bits per heavy atom. The van der Waals surface area contributed by atoms with E-state index in [-0.39, 0.29) is 29.8 Å². The molecular formula is C19H27FIN5O. The highest BCUT2D eigenvalue weighted by Gasteiger charge is 2.20. The second-order valence-electron chi connectivity index (χ2n) is 6.48. The molecule has 6 nitrogen and oxygen atoms in total. The van der Waals surface area contributed by atoms with Crippen molar-refractivity contribution in [1.29, 1.82) is 0 Å². The summed E-state index contributed by atoms with van der Waals surface area (Å²) in [4.78, 5) is 8.13. The molecule has 27 heavy (non-hydrogen) atoms. The average molecular weight is 487 g/mol. The molecule has 1 aliphatic rings. The second-order valence-corrected chi connectivity index (χ2v) is 6.48. The topological polar surface area (TPSA) is 63.5 Å². The van der Waals surface area contributed by atoms with Crippen LogP contribution in [0.15, 0.2) is 41.9 Å². The van der Waals surface area contributed by atoms with E-state index < -0.39 is 0 Å². The van der Waals surface area contributed by atoms with Crippen molar-refractivity contribution in [3.05, 3.63) is 48.3 Å². The summed E-state index contributed by atoms with van der Waals surface area (Å²) in [5, 5.41) is 6.44. The predicted octanol–water partition coefficient (Wildman–Crippen LogP) is 3.11. The number of rotatable bonds is 9. The molecule has 2 N–H and O–H groups in total. The fourth-order valence-electron chi connectivity index (χ4n) is 2.59. The summed E-state index contributed by atoms with van der Waals surface area (Å²) in [7, 11) is 1.72. The molecule has 148 valence electrons. The quantitative estimate of drug-likeness (QED) is 0.247. The van der Waals surface area contributed by atoms with E-state index in [1.165, 1.54) is 18.9 Å². The number of imidazole rings is 1. The zero-order valence-corrected chi connectivity index (χ0v) is 17.9. The normalized spacial score (nSPS) is 13.9. The maximum Gasteiger partial charge on any atom is 0.191 e. The summed E-state index contributed by atoms with van der Waals surface area (Å²) in [5.74, 6) is 1.22. The van der Waals surface area contributed by atoms with E-state index in [4.69, 9.17) is 4.74 Å². The third kappa shape index (κ3) is 7.10. The third-order valence-electron chi connectivity index (χ3n) is 4.29. The van der Waals surface area contributed by atoms with Crippen LogP contribution in [-0.4, -0.2) is 42.3 Å². The van der Waals surface area contributed by atoms with Crippen LogP contribution >= 0.6 is 24.0 Å². The lowest BCUT2D eigenvalue weighted by atomic mass is 10.2. The summed E-state index contributed by atoms with van der Waals surface area (Å²) in [6, 6.07) is 5.17. The van der Waals surface area contributed by atoms with Crippen LogP contribution < -0.4 is 10.6 Å². The highest BCUT2D eigenvalue weighted by molar-refractivity contribution is 14.0. The first-order valence-corrected chi connectivity index (χ1v) is 9.05. The van der Waals surface area contributed by atoms with Crippen molar-refractivity contribution >= 4 is 29.9 Å². The van der Waals surface area contributed by atoms with Gasteiger partial charge in [-0.25, -0.2) is 9.37 Å². The Hall–Kier alpha value is -1.68. The Kier molecular flexibility index (Phi) is 8.99. The second kappa shape index (κ2) is 11.2. The van der Waals surface area contributed by atoms with Crippen LogP contribution in [0.4, 0.5) is 4.39 Å². The molecule has 0 atom stereocenters. The van der Waals surface area contributed by atoms with Crippen molar-refractivity contribution < 1.29 is 9.13 Å². The van der Waals surface area contributed by atoms with Gasteiger partial charge in [0, 0.05) is 45.7 Å². The van der Waals surface area contributed by atoms with Crippen LogP contribution in [0.3, 0.4) is 0 Å². The molecule has 0 bridgehead atoms. The number of hydrogen-bond donors (Lipinski definition) is 2. The molecule has 0 aliphatic heterocycles. The van der Waals surface area contributed by atoms with E-state index in [0.717, 1.165) is 37.7 Å². The summed E-state index contributed by atoms with van der Waals surface area (Å²) >= 11 is 0. The fourth-order valence-corrected chi connectivity index (χ4v) is 2.59. The van der Waals surface area contributed by atoms with Gasteiger partial charge in [-0.05, 0) is 42.9 Å². The van der Waals surface area contributed by atoms with E-state index in [1.54, 1.807) is 36.4 Å². The molecule has 0 spiro atoms. The first-order chi connectivity index (χ1) is 12.8. The Morgan fingerprint density at radius 3 is 2.89 bits per heavy atom. The van der Waals surface area contributed by atoms with E-state index in [0.29, 0.717) is 18.2 Å². The van der Waals surface area contributed by atoms with E-state index >= 15 is 0 Å². The van der Waals surface area contributed by atoms with Crippen LogP contribution in [0.1, 0.15) is 24.8 Å². The minimum atomic E-state index is -0.280. The van der Waals surface area contributed by atoms with Crippen molar-refractivity contribution in [2.45, 2.75) is 25.8 Å². The lowest BCUT2D eigenvalue weighted by Crippen LogP contribution is -2.37. The average Bonchev–Trinajstić information content (AvgIpc) is 3.32. The van der Waals surface area contributed by atoms with Gasteiger partial charge in [0.15, 0.2) is 5.96 Å². The lowest BCUT2D eigenvalue weighted by Gasteiger charge is -2.13. The molecule has 0 radical (unpaired) electrons. The lowest BCUT2D eigenvalue weighted by molar-refractivity contribution is 0.123. The minimum Gasteiger partial charge on any atom is -0.381 e. The van der Waals surface area contributed by atoms with Gasteiger partial charge in [-0.3, -0.25) is 4.99 Å². The maximum absolute atomic E-state index is 14.3. The van der Waals surface area contributed by atoms with Crippen molar-refractivity contribution in [3.8, 4) is 5.69 Å². The van der Waals surface area contributed by atoms with Gasteiger partial charge in [0.1, 0.15) is 5.82 Å². The zero-order chi connectivity index (χ0) is 18.2. The number of guanidine groups is 1. The molecule has 2 aromatic rings. The van der Waals surface area contributed by atoms with Crippen molar-refractivity contribution in [1.82, 2.24) is 20.2 Å². The Bertz CT molecular complexity index is 719. The first kappa shape index (κ1) is 21.6. The SMILES string of the molecule is CN=C(NCCCOCC1CC1)NCc1ccc(-n2ccnc2)c(F)c1.I. The number of hydrogen-bond acceptors (Lipinski definition) is 3. The Balaban J connectivity index is 0.00000261. The summed E-state index contributed by atoms with van der Waals surface area (Å²) < 4.78 is 21.5. The van der Waals surface area contributed by atoms with Gasteiger partial charge in [0.05, 0.1) is 12.0 Å². The van der Waals surface area contributed by atoms with E-state index in [9.17, 15) is 4.39 Å². The predicted molar refractivity (Wildman–Crippen MR) is 115 cm³/mol. The monoisotopic (exact) mass is 487 g/mol. The Morgan fingerprint density at radius 1 is 1.37 bits per heavy atom. The third-order valence-corrected chi connectivity index (χ3v) is 4.29. The molecule has 0 amide bonds. The summed E-state index contributed by atoms with van der Waals surface area (Å²) in [6.45, 7) is 2.95. The number of nitrogens with zero attached hydrogens (tertiary/aromatic N) is 3. The number of ether oxygens (including phenoxy) is 1. The number of halogens is 2. The molecule has 0 unspecified atom stereocenters. The highest BCUT2D eigenvalue weighted by Crippen LogP contribution is 2.28. The van der Waals surface area contributed by atoms with Crippen LogP contribution in [0.2, 0.25) is 0 Å². The van der Waals surface area contributed by atoms with E-state index in [2.05, 4.69) is 20.6 Å². The standard InChI is InChI=1S/C19H26FN5O.HI/c1-21-19(23-7-2-10-26-13-15-3-4-15)24-12-16-5-6-18(17(20)11-16)25-9-8-22-14-25;/h5-6,8-9,11,14-15H,2-4,7,10,12-13H2,1H3,(H2,21,23,24);1H. The molecule has 1 fully saturated rings. The number of aromatic nitrogens is 2. The number of aliphatic imine (C=N–C) groups is 1. The molecule has 1 aromatic heterocycles. The van der Waals surface area contributed by atoms with Crippen molar-refractivity contribution in [2.75, 3.05) is 26.8 Å². The first-order valence-electron chi connectivity index (χ1n) is 9.05.